The molecule has 0 spiro atoms. The van der Waals surface area contributed by atoms with Crippen LogP contribution in [0.5, 0.6) is 0 Å². The van der Waals surface area contributed by atoms with E-state index < -0.39 is 28.4 Å². The van der Waals surface area contributed by atoms with Crippen LogP contribution in [-0.2, 0) is 19.6 Å². The minimum atomic E-state index is -4.03. The number of nitrogens with zero attached hydrogens (tertiary/aromatic N) is 1. The molecule has 0 atom stereocenters. The van der Waals surface area contributed by atoms with Gasteiger partial charge in [-0.1, -0.05) is 29.8 Å². The Morgan fingerprint density at radius 3 is 2.11 bits per heavy atom. The molecule has 0 bridgehead atoms. The Morgan fingerprint density at radius 1 is 0.886 bits per heavy atom. The number of amides is 1. The highest BCUT2D eigenvalue weighted by Gasteiger charge is 2.28. The molecule has 0 heterocycles. The Hall–Kier alpha value is -3.65. The first-order chi connectivity index (χ1) is 16.5. The van der Waals surface area contributed by atoms with Crippen LogP contribution >= 0.6 is 0 Å². The van der Waals surface area contributed by atoms with Gasteiger partial charge >= 0.3 is 5.97 Å². The Morgan fingerprint density at radius 2 is 1.51 bits per heavy atom. The number of sulfonamides is 1. The maximum atomic E-state index is 13.6. The first kappa shape index (κ1) is 26.0. The summed E-state index contributed by atoms with van der Waals surface area (Å²) in [5, 5.41) is 2.76. The highest BCUT2D eigenvalue weighted by Crippen LogP contribution is 2.27. The summed E-state index contributed by atoms with van der Waals surface area (Å²) in [7, 11) is -4.03. The van der Waals surface area contributed by atoms with Gasteiger partial charge in [-0.05, 0) is 87.7 Å². The van der Waals surface area contributed by atoms with Crippen LogP contribution in [0.3, 0.4) is 0 Å². The van der Waals surface area contributed by atoms with Crippen molar-refractivity contribution in [3.63, 3.8) is 0 Å². The van der Waals surface area contributed by atoms with Gasteiger partial charge in [-0.2, -0.15) is 0 Å². The van der Waals surface area contributed by atoms with Gasteiger partial charge in [0, 0.05) is 5.69 Å². The van der Waals surface area contributed by atoms with Crippen LogP contribution in [-0.4, -0.2) is 33.4 Å². The summed E-state index contributed by atoms with van der Waals surface area (Å²) in [5.41, 5.74) is 4.37. The van der Waals surface area contributed by atoms with Crippen LogP contribution in [0.2, 0.25) is 0 Å². The summed E-state index contributed by atoms with van der Waals surface area (Å²) in [6.45, 7) is 8.83. The number of carbonyl (C=O) groups is 2. The number of aryl methyl sites for hydroxylation is 3. The highest BCUT2D eigenvalue weighted by molar-refractivity contribution is 7.92. The van der Waals surface area contributed by atoms with Crippen molar-refractivity contribution in [2.75, 3.05) is 22.8 Å². The molecule has 3 aromatic carbocycles. The zero-order valence-corrected chi connectivity index (χ0v) is 21.4. The number of hydrogen-bond donors (Lipinski definition) is 1. The van der Waals surface area contributed by atoms with E-state index in [0.717, 1.165) is 21.0 Å². The minimum absolute atomic E-state index is 0.0931. The standard InChI is InChI=1S/C27H30N2O5S/c1-6-34-27(31)24-8-7-9-25(21(24)5)28-26(30)17-29(22-15-19(3)14-20(4)16-22)35(32,33)23-12-10-18(2)11-13-23/h7-16H,6,17H2,1-5H3,(H,28,30). The minimum Gasteiger partial charge on any atom is -0.462 e. The van der Waals surface area contributed by atoms with Crippen LogP contribution in [0.15, 0.2) is 65.6 Å². The van der Waals surface area contributed by atoms with E-state index in [2.05, 4.69) is 5.32 Å². The fraction of sp³-hybridized carbons (Fsp3) is 0.259. The lowest BCUT2D eigenvalue weighted by atomic mass is 10.1. The van der Waals surface area contributed by atoms with Crippen molar-refractivity contribution >= 4 is 33.3 Å². The van der Waals surface area contributed by atoms with Crippen molar-refractivity contribution in [1.29, 1.82) is 0 Å². The van der Waals surface area contributed by atoms with Crippen molar-refractivity contribution in [2.24, 2.45) is 0 Å². The molecule has 0 aliphatic heterocycles. The van der Waals surface area contributed by atoms with Gasteiger partial charge in [0.2, 0.25) is 5.91 Å². The van der Waals surface area contributed by atoms with Crippen LogP contribution < -0.4 is 9.62 Å². The van der Waals surface area contributed by atoms with E-state index in [1.807, 2.05) is 26.8 Å². The summed E-state index contributed by atoms with van der Waals surface area (Å²) in [6.07, 6.45) is 0. The van der Waals surface area contributed by atoms with Crippen LogP contribution in [0.25, 0.3) is 0 Å². The first-order valence-electron chi connectivity index (χ1n) is 11.3. The van der Waals surface area contributed by atoms with Crippen molar-refractivity contribution in [3.8, 4) is 0 Å². The van der Waals surface area contributed by atoms with E-state index in [-0.39, 0.29) is 11.5 Å². The van der Waals surface area contributed by atoms with Crippen molar-refractivity contribution in [2.45, 2.75) is 39.5 Å². The summed E-state index contributed by atoms with van der Waals surface area (Å²) >= 11 is 0. The third-order valence-electron chi connectivity index (χ3n) is 5.49. The number of benzene rings is 3. The molecular weight excluding hydrogens is 464 g/mol. The normalized spacial score (nSPS) is 11.1. The zero-order valence-electron chi connectivity index (χ0n) is 20.6. The number of nitrogens with one attached hydrogen (secondary N) is 1. The van der Waals surface area contributed by atoms with E-state index in [1.54, 1.807) is 56.3 Å². The Labute approximate surface area is 206 Å². The third-order valence-corrected chi connectivity index (χ3v) is 7.28. The Balaban J connectivity index is 1.97. The smallest absolute Gasteiger partial charge is 0.338 e. The van der Waals surface area contributed by atoms with Crippen LogP contribution in [0.1, 0.15) is 39.5 Å². The average molecular weight is 495 g/mol. The molecule has 0 aromatic heterocycles. The lowest BCUT2D eigenvalue weighted by molar-refractivity contribution is -0.114. The van der Waals surface area contributed by atoms with Gasteiger partial charge in [0.05, 0.1) is 22.8 Å². The topological polar surface area (TPSA) is 92.8 Å². The number of anilines is 2. The molecule has 184 valence electrons. The van der Waals surface area contributed by atoms with Gasteiger partial charge in [0.25, 0.3) is 10.0 Å². The zero-order chi connectivity index (χ0) is 25.8. The molecule has 0 saturated heterocycles. The molecule has 0 aliphatic rings. The molecule has 3 aromatic rings. The van der Waals surface area contributed by atoms with Crippen LogP contribution in [0.4, 0.5) is 11.4 Å². The van der Waals surface area contributed by atoms with Crippen molar-refractivity contribution < 1.29 is 22.7 Å². The quantitative estimate of drug-likeness (QED) is 0.448. The Bertz CT molecular complexity index is 1330. The SMILES string of the molecule is CCOC(=O)c1cccc(NC(=O)CN(c2cc(C)cc(C)c2)S(=O)(=O)c2ccc(C)cc2)c1C. The third kappa shape index (κ3) is 6.08. The largest absolute Gasteiger partial charge is 0.462 e. The van der Waals surface area contributed by atoms with Crippen molar-refractivity contribution in [1.82, 2.24) is 0 Å². The van der Waals surface area contributed by atoms with Crippen LogP contribution in [0, 0.1) is 27.7 Å². The molecule has 0 aliphatic carbocycles. The van der Waals surface area contributed by atoms with E-state index in [4.69, 9.17) is 4.74 Å². The molecule has 0 radical (unpaired) electrons. The number of hydrogen-bond acceptors (Lipinski definition) is 5. The van der Waals surface area contributed by atoms with E-state index >= 15 is 0 Å². The summed E-state index contributed by atoms with van der Waals surface area (Å²) < 4.78 is 33.4. The second-order valence-electron chi connectivity index (χ2n) is 8.42. The molecule has 0 saturated carbocycles. The number of carbonyl (C=O) groups excluding carboxylic acids is 2. The number of ether oxygens (including phenoxy) is 1. The molecule has 0 unspecified atom stereocenters. The second kappa shape index (κ2) is 10.7. The maximum Gasteiger partial charge on any atom is 0.338 e. The molecule has 0 fully saturated rings. The second-order valence-corrected chi connectivity index (χ2v) is 10.3. The van der Waals surface area contributed by atoms with Gasteiger partial charge in [0.1, 0.15) is 6.54 Å². The van der Waals surface area contributed by atoms with Gasteiger partial charge in [-0.3, -0.25) is 9.10 Å². The van der Waals surface area contributed by atoms with Crippen molar-refractivity contribution in [3.05, 3.63) is 88.5 Å². The lowest BCUT2D eigenvalue weighted by Crippen LogP contribution is -2.38. The summed E-state index contributed by atoms with van der Waals surface area (Å²) in [6, 6.07) is 16.8. The first-order valence-corrected chi connectivity index (χ1v) is 12.7. The lowest BCUT2D eigenvalue weighted by Gasteiger charge is -2.25. The van der Waals surface area contributed by atoms with E-state index in [9.17, 15) is 18.0 Å². The molecule has 35 heavy (non-hydrogen) atoms. The summed E-state index contributed by atoms with van der Waals surface area (Å²) in [5.74, 6) is -1.02. The predicted octanol–water partition coefficient (Wildman–Crippen LogP) is 4.93. The summed E-state index contributed by atoms with van der Waals surface area (Å²) in [4.78, 5) is 25.4. The van der Waals surface area contributed by atoms with Gasteiger partial charge in [-0.15, -0.1) is 0 Å². The molecular formula is C27H30N2O5S. The van der Waals surface area contributed by atoms with Gasteiger partial charge in [0.15, 0.2) is 0 Å². The molecule has 7 nitrogen and oxygen atoms in total. The molecule has 8 heteroatoms. The maximum absolute atomic E-state index is 13.6. The molecule has 3 rings (SSSR count). The fourth-order valence-electron chi connectivity index (χ4n) is 3.77. The van der Waals surface area contributed by atoms with Gasteiger partial charge in [-0.25, -0.2) is 13.2 Å². The number of esters is 1. The number of rotatable bonds is 8. The van der Waals surface area contributed by atoms with E-state index in [1.165, 1.54) is 12.1 Å². The average Bonchev–Trinajstić information content (AvgIpc) is 2.78. The molecule has 1 N–H and O–H groups in total. The molecule has 1 amide bonds. The van der Waals surface area contributed by atoms with Gasteiger partial charge < -0.3 is 10.1 Å². The monoisotopic (exact) mass is 494 g/mol. The van der Waals surface area contributed by atoms with E-state index in [0.29, 0.717) is 22.5 Å². The predicted molar refractivity (Wildman–Crippen MR) is 137 cm³/mol. The highest BCUT2D eigenvalue weighted by atomic mass is 32.2. The fourth-order valence-corrected chi connectivity index (χ4v) is 5.17. The Kier molecular flexibility index (Phi) is 7.96.